The molecule has 0 bridgehead atoms. The summed E-state index contributed by atoms with van der Waals surface area (Å²) in [6.07, 6.45) is 4.14. The van der Waals surface area contributed by atoms with Gasteiger partial charge in [-0.15, -0.1) is 0 Å². The van der Waals surface area contributed by atoms with E-state index < -0.39 is 17.7 Å². The third-order valence-electron chi connectivity index (χ3n) is 5.72. The van der Waals surface area contributed by atoms with E-state index in [4.69, 9.17) is 0 Å². The van der Waals surface area contributed by atoms with Gasteiger partial charge in [-0.25, -0.2) is 8.78 Å². The molecule has 150 valence electrons. The SMILES string of the molecule is C[C@H]1c2cccc(C3=CCN=C3)c2C[C@H](CO)N1C(=O)Cc1cc(F)ccc1F. The van der Waals surface area contributed by atoms with Crippen LogP contribution in [0.5, 0.6) is 0 Å². The molecule has 2 aromatic carbocycles. The van der Waals surface area contributed by atoms with Crippen LogP contribution in [0.3, 0.4) is 0 Å². The summed E-state index contributed by atoms with van der Waals surface area (Å²) in [6, 6.07) is 8.34. The Morgan fingerprint density at radius 3 is 2.83 bits per heavy atom. The number of carbonyl (C=O) groups is 1. The minimum atomic E-state index is -0.611. The van der Waals surface area contributed by atoms with Gasteiger partial charge in [0.1, 0.15) is 11.6 Å². The van der Waals surface area contributed by atoms with Gasteiger partial charge in [0.05, 0.1) is 31.7 Å². The van der Waals surface area contributed by atoms with Crippen LogP contribution in [0.1, 0.15) is 35.2 Å². The van der Waals surface area contributed by atoms with Crippen LogP contribution in [-0.4, -0.2) is 41.3 Å². The number of hydrogen-bond acceptors (Lipinski definition) is 3. The Morgan fingerprint density at radius 2 is 2.10 bits per heavy atom. The fourth-order valence-corrected chi connectivity index (χ4v) is 4.33. The van der Waals surface area contributed by atoms with Gasteiger partial charge >= 0.3 is 0 Å². The van der Waals surface area contributed by atoms with Gasteiger partial charge in [0, 0.05) is 11.8 Å². The first-order valence-electron chi connectivity index (χ1n) is 9.67. The molecular formula is C23H22F2N2O2. The molecule has 1 N–H and O–H groups in total. The molecule has 6 heteroatoms. The Morgan fingerprint density at radius 1 is 1.28 bits per heavy atom. The molecular weight excluding hydrogens is 374 g/mol. The maximum Gasteiger partial charge on any atom is 0.227 e. The molecule has 0 aromatic heterocycles. The van der Waals surface area contributed by atoms with E-state index in [0.717, 1.165) is 40.5 Å². The third-order valence-corrected chi connectivity index (χ3v) is 5.72. The Bertz CT molecular complexity index is 1020. The summed E-state index contributed by atoms with van der Waals surface area (Å²) >= 11 is 0. The van der Waals surface area contributed by atoms with Crippen molar-refractivity contribution in [1.29, 1.82) is 0 Å². The maximum atomic E-state index is 14.0. The number of benzene rings is 2. The van der Waals surface area contributed by atoms with E-state index in [2.05, 4.69) is 11.1 Å². The van der Waals surface area contributed by atoms with E-state index in [1.165, 1.54) is 0 Å². The van der Waals surface area contributed by atoms with Gasteiger partial charge in [0.2, 0.25) is 5.91 Å². The van der Waals surface area contributed by atoms with Crippen molar-refractivity contribution < 1.29 is 18.7 Å². The van der Waals surface area contributed by atoms with E-state index in [-0.39, 0.29) is 30.5 Å². The Balaban J connectivity index is 1.67. The number of aliphatic imine (C=N–C) groups is 1. The highest BCUT2D eigenvalue weighted by molar-refractivity contribution is 6.12. The van der Waals surface area contributed by atoms with Crippen molar-refractivity contribution >= 4 is 17.7 Å². The van der Waals surface area contributed by atoms with Crippen LogP contribution < -0.4 is 0 Å². The quantitative estimate of drug-likeness (QED) is 0.860. The van der Waals surface area contributed by atoms with Crippen LogP contribution >= 0.6 is 0 Å². The van der Waals surface area contributed by atoms with Gasteiger partial charge in [0.15, 0.2) is 0 Å². The van der Waals surface area contributed by atoms with E-state index in [1.54, 1.807) is 4.90 Å². The molecule has 0 aliphatic carbocycles. The molecule has 1 amide bonds. The molecule has 0 saturated heterocycles. The monoisotopic (exact) mass is 396 g/mol. The minimum Gasteiger partial charge on any atom is -0.394 e. The number of amides is 1. The minimum absolute atomic E-state index is 0.0192. The number of aliphatic hydroxyl groups is 1. The fourth-order valence-electron chi connectivity index (χ4n) is 4.33. The first-order chi connectivity index (χ1) is 14.0. The van der Waals surface area contributed by atoms with Crippen molar-refractivity contribution in [3.63, 3.8) is 0 Å². The largest absolute Gasteiger partial charge is 0.394 e. The highest BCUT2D eigenvalue weighted by Crippen LogP contribution is 2.37. The molecule has 0 spiro atoms. The van der Waals surface area contributed by atoms with Gasteiger partial charge < -0.3 is 10.0 Å². The normalized spacial score (nSPS) is 20.6. The lowest BCUT2D eigenvalue weighted by atomic mass is 9.83. The van der Waals surface area contributed by atoms with Gasteiger partial charge in [0.25, 0.3) is 0 Å². The number of fused-ring (bicyclic) bond motifs is 1. The van der Waals surface area contributed by atoms with Gasteiger partial charge in [-0.2, -0.15) is 0 Å². The van der Waals surface area contributed by atoms with Gasteiger partial charge in [-0.3, -0.25) is 9.79 Å². The van der Waals surface area contributed by atoms with Crippen LogP contribution in [0.4, 0.5) is 8.78 Å². The van der Waals surface area contributed by atoms with Crippen LogP contribution in [0, 0.1) is 11.6 Å². The highest BCUT2D eigenvalue weighted by atomic mass is 19.1. The number of carbonyl (C=O) groups excluding carboxylic acids is 1. The molecule has 0 fully saturated rings. The predicted octanol–water partition coefficient (Wildman–Crippen LogP) is 3.48. The summed E-state index contributed by atoms with van der Waals surface area (Å²) in [6.45, 7) is 2.35. The lowest BCUT2D eigenvalue weighted by Crippen LogP contribution is -2.49. The molecule has 0 saturated carbocycles. The lowest BCUT2D eigenvalue weighted by Gasteiger charge is -2.42. The molecule has 4 nitrogen and oxygen atoms in total. The first kappa shape index (κ1) is 19.5. The molecule has 2 atom stereocenters. The topological polar surface area (TPSA) is 52.9 Å². The average Bonchev–Trinajstić information content (AvgIpc) is 3.24. The van der Waals surface area contributed by atoms with Crippen LogP contribution in [-0.2, 0) is 17.6 Å². The second-order valence-electron chi connectivity index (χ2n) is 7.46. The third kappa shape index (κ3) is 3.60. The van der Waals surface area contributed by atoms with Crippen molar-refractivity contribution in [3.05, 3.63) is 76.4 Å². The second kappa shape index (κ2) is 7.87. The smallest absolute Gasteiger partial charge is 0.227 e. The lowest BCUT2D eigenvalue weighted by molar-refractivity contribution is -0.137. The zero-order valence-electron chi connectivity index (χ0n) is 16.1. The summed E-state index contributed by atoms with van der Waals surface area (Å²) in [5, 5.41) is 10.0. The zero-order chi connectivity index (χ0) is 20.5. The second-order valence-corrected chi connectivity index (χ2v) is 7.46. The maximum absolute atomic E-state index is 14.0. The van der Waals surface area contributed by atoms with Gasteiger partial charge in [-0.05, 0) is 53.8 Å². The highest BCUT2D eigenvalue weighted by Gasteiger charge is 2.36. The summed E-state index contributed by atoms with van der Waals surface area (Å²) in [7, 11) is 0. The number of rotatable bonds is 4. The summed E-state index contributed by atoms with van der Waals surface area (Å²) in [4.78, 5) is 18.9. The molecule has 29 heavy (non-hydrogen) atoms. The number of aliphatic hydroxyl groups excluding tert-OH is 1. The van der Waals surface area contributed by atoms with Crippen LogP contribution in [0.25, 0.3) is 5.57 Å². The van der Waals surface area contributed by atoms with Crippen LogP contribution in [0.15, 0.2) is 47.5 Å². The molecule has 2 aliphatic rings. The summed E-state index contributed by atoms with van der Waals surface area (Å²) in [5.74, 6) is -1.53. The molecule has 0 unspecified atom stereocenters. The van der Waals surface area contributed by atoms with Crippen molar-refractivity contribution in [2.75, 3.05) is 13.2 Å². The Labute approximate surface area is 168 Å². The van der Waals surface area contributed by atoms with Crippen LogP contribution in [0.2, 0.25) is 0 Å². The van der Waals surface area contributed by atoms with Crippen molar-refractivity contribution in [2.45, 2.75) is 31.8 Å². The van der Waals surface area contributed by atoms with E-state index >= 15 is 0 Å². The summed E-state index contributed by atoms with van der Waals surface area (Å²) < 4.78 is 27.5. The first-order valence-corrected chi connectivity index (χ1v) is 9.67. The van der Waals surface area contributed by atoms with E-state index in [9.17, 15) is 18.7 Å². The predicted molar refractivity (Wildman–Crippen MR) is 108 cm³/mol. The molecule has 2 aliphatic heterocycles. The number of hydrogen-bond donors (Lipinski definition) is 1. The molecule has 4 rings (SSSR count). The Kier molecular flexibility index (Phi) is 5.28. The standard InChI is InChI=1S/C23H22F2N2O2/c1-14-19-3-2-4-20(15-7-8-26-12-15)21(19)11-18(13-28)27(14)23(29)10-16-9-17(24)5-6-22(16)25/h2-7,9,12,14,18,28H,8,10-11,13H2,1H3/t14-,18+/m0/s1. The number of halogens is 2. The summed E-state index contributed by atoms with van der Waals surface area (Å²) in [5.41, 5.74) is 4.23. The average molecular weight is 396 g/mol. The van der Waals surface area contributed by atoms with Crippen molar-refractivity contribution in [2.24, 2.45) is 4.99 Å². The molecule has 2 aromatic rings. The van der Waals surface area contributed by atoms with E-state index in [1.807, 2.05) is 31.3 Å². The molecule has 0 radical (unpaired) electrons. The zero-order valence-corrected chi connectivity index (χ0v) is 16.1. The van der Waals surface area contributed by atoms with E-state index in [0.29, 0.717) is 13.0 Å². The van der Waals surface area contributed by atoms with Crippen molar-refractivity contribution in [1.82, 2.24) is 4.90 Å². The molecule has 2 heterocycles. The number of nitrogens with zero attached hydrogens (tertiary/aromatic N) is 2. The van der Waals surface area contributed by atoms with Crippen molar-refractivity contribution in [3.8, 4) is 0 Å². The Hall–Kier alpha value is -2.86. The fraction of sp³-hybridized carbons (Fsp3) is 0.304. The van der Waals surface area contributed by atoms with Gasteiger partial charge in [-0.1, -0.05) is 24.3 Å². The number of allylic oxidation sites excluding steroid dienone is 1.